The molecule has 4 aromatic rings. The Balaban J connectivity index is 1.82. The molecule has 0 aliphatic heterocycles. The van der Waals surface area contributed by atoms with E-state index in [0.717, 1.165) is 10.9 Å². The van der Waals surface area contributed by atoms with Crippen LogP contribution in [0.2, 0.25) is 5.02 Å². The van der Waals surface area contributed by atoms with Crippen LogP contribution in [0.1, 0.15) is 11.7 Å². The van der Waals surface area contributed by atoms with Gasteiger partial charge in [0.1, 0.15) is 0 Å². The topological polar surface area (TPSA) is 55.1 Å². The van der Waals surface area contributed by atoms with Gasteiger partial charge in [0.15, 0.2) is 0 Å². The summed E-state index contributed by atoms with van der Waals surface area (Å²) >= 11 is 5.91. The number of hydrogen-bond acceptors (Lipinski definition) is 3. The van der Waals surface area contributed by atoms with Gasteiger partial charge in [0.25, 0.3) is 5.56 Å². The average Bonchev–Trinajstić information content (AvgIpc) is 2.71. The Morgan fingerprint density at radius 3 is 2.22 bits per heavy atom. The highest BCUT2D eigenvalue weighted by Crippen LogP contribution is 2.25. The fraction of sp³-hybridized carbons (Fsp3) is 0.0909. The zero-order valence-corrected chi connectivity index (χ0v) is 15.2. The molecule has 3 aromatic carbocycles. The van der Waals surface area contributed by atoms with E-state index in [9.17, 15) is 9.90 Å². The SMILES string of the molecule is O=c1c2ccccc2c(-c2ccccc2)nn1CC(O)c1ccc(Cl)cc1. The van der Waals surface area contributed by atoms with Crippen molar-refractivity contribution >= 4 is 22.4 Å². The Morgan fingerprint density at radius 2 is 1.52 bits per heavy atom. The molecule has 0 saturated heterocycles. The molecule has 0 aliphatic carbocycles. The Hall–Kier alpha value is -2.95. The maximum atomic E-state index is 12.9. The first-order chi connectivity index (χ1) is 13.1. The lowest BCUT2D eigenvalue weighted by Gasteiger charge is -2.15. The highest BCUT2D eigenvalue weighted by molar-refractivity contribution is 6.30. The van der Waals surface area contributed by atoms with E-state index in [4.69, 9.17) is 11.6 Å². The molecule has 1 atom stereocenters. The second-order valence-corrected chi connectivity index (χ2v) is 6.75. The summed E-state index contributed by atoms with van der Waals surface area (Å²) in [5.41, 5.74) is 2.10. The molecule has 0 radical (unpaired) electrons. The van der Waals surface area contributed by atoms with Crippen LogP contribution in [0.25, 0.3) is 22.0 Å². The minimum Gasteiger partial charge on any atom is -0.386 e. The number of aliphatic hydroxyl groups excluding tert-OH is 1. The predicted octanol–water partition coefficient (Wildman–Crippen LogP) is 4.45. The molecule has 0 aliphatic rings. The monoisotopic (exact) mass is 376 g/mol. The maximum Gasteiger partial charge on any atom is 0.274 e. The molecule has 0 bridgehead atoms. The molecule has 0 spiro atoms. The first kappa shape index (κ1) is 17.5. The van der Waals surface area contributed by atoms with Gasteiger partial charge in [-0.15, -0.1) is 0 Å². The maximum absolute atomic E-state index is 12.9. The zero-order chi connectivity index (χ0) is 18.8. The van der Waals surface area contributed by atoms with Gasteiger partial charge < -0.3 is 5.11 Å². The number of rotatable bonds is 4. The van der Waals surface area contributed by atoms with Gasteiger partial charge >= 0.3 is 0 Å². The second-order valence-electron chi connectivity index (χ2n) is 6.31. The Labute approximate surface area is 161 Å². The minimum absolute atomic E-state index is 0.0606. The number of hydrogen-bond donors (Lipinski definition) is 1. The third-order valence-corrected chi connectivity index (χ3v) is 4.77. The lowest BCUT2D eigenvalue weighted by Crippen LogP contribution is -2.26. The number of aromatic nitrogens is 2. The predicted molar refractivity (Wildman–Crippen MR) is 108 cm³/mol. The lowest BCUT2D eigenvalue weighted by atomic mass is 10.0. The van der Waals surface area contributed by atoms with Crippen LogP contribution in [0.5, 0.6) is 0 Å². The summed E-state index contributed by atoms with van der Waals surface area (Å²) < 4.78 is 1.34. The van der Waals surface area contributed by atoms with E-state index in [1.165, 1.54) is 4.68 Å². The number of nitrogens with zero attached hydrogens (tertiary/aromatic N) is 2. The van der Waals surface area contributed by atoms with Crippen molar-refractivity contribution in [3.05, 3.63) is 99.8 Å². The van der Waals surface area contributed by atoms with E-state index in [2.05, 4.69) is 5.10 Å². The van der Waals surface area contributed by atoms with Crippen molar-refractivity contribution in [1.82, 2.24) is 9.78 Å². The van der Waals surface area contributed by atoms with Gasteiger partial charge in [-0.3, -0.25) is 4.79 Å². The summed E-state index contributed by atoms with van der Waals surface area (Å²) in [6.07, 6.45) is -0.864. The van der Waals surface area contributed by atoms with Crippen LogP contribution >= 0.6 is 11.6 Å². The number of benzene rings is 3. The highest BCUT2D eigenvalue weighted by atomic mass is 35.5. The Bertz CT molecular complexity index is 1140. The van der Waals surface area contributed by atoms with Crippen molar-refractivity contribution in [2.45, 2.75) is 12.6 Å². The van der Waals surface area contributed by atoms with Crippen LogP contribution in [0.3, 0.4) is 0 Å². The quantitative estimate of drug-likeness (QED) is 0.572. The van der Waals surface area contributed by atoms with Gasteiger partial charge in [0.2, 0.25) is 0 Å². The van der Waals surface area contributed by atoms with Crippen LogP contribution in [0, 0.1) is 0 Å². The molecule has 0 amide bonds. The van der Waals surface area contributed by atoms with Crippen LogP contribution in [-0.2, 0) is 6.54 Å². The first-order valence-electron chi connectivity index (χ1n) is 8.62. The Morgan fingerprint density at radius 1 is 0.889 bits per heavy atom. The number of aliphatic hydroxyl groups is 1. The van der Waals surface area contributed by atoms with Gasteiger partial charge in [0, 0.05) is 16.0 Å². The summed E-state index contributed by atoms with van der Waals surface area (Å²) in [5.74, 6) is 0. The van der Waals surface area contributed by atoms with E-state index in [1.807, 2.05) is 48.5 Å². The van der Waals surface area contributed by atoms with Crippen LogP contribution in [-0.4, -0.2) is 14.9 Å². The van der Waals surface area contributed by atoms with E-state index in [0.29, 0.717) is 21.7 Å². The van der Waals surface area contributed by atoms with Crippen molar-refractivity contribution in [3.8, 4) is 11.3 Å². The molecule has 1 aromatic heterocycles. The molecule has 1 heterocycles. The fourth-order valence-corrected chi connectivity index (χ4v) is 3.25. The molecule has 0 fully saturated rings. The summed E-state index contributed by atoms with van der Waals surface area (Å²) in [4.78, 5) is 12.9. The number of fused-ring (bicyclic) bond motifs is 1. The third-order valence-electron chi connectivity index (χ3n) is 4.52. The van der Waals surface area contributed by atoms with Gasteiger partial charge in [-0.25, -0.2) is 4.68 Å². The van der Waals surface area contributed by atoms with E-state index in [1.54, 1.807) is 30.3 Å². The van der Waals surface area contributed by atoms with Crippen molar-refractivity contribution in [2.75, 3.05) is 0 Å². The van der Waals surface area contributed by atoms with E-state index >= 15 is 0 Å². The lowest BCUT2D eigenvalue weighted by molar-refractivity contribution is 0.150. The molecule has 1 unspecified atom stereocenters. The van der Waals surface area contributed by atoms with Gasteiger partial charge in [-0.1, -0.05) is 72.3 Å². The standard InChI is InChI=1S/C22H17ClN2O2/c23-17-12-10-15(11-13-17)20(26)14-25-22(27)19-9-5-4-8-18(19)21(24-25)16-6-2-1-3-7-16/h1-13,20,26H,14H2. The van der Waals surface area contributed by atoms with Crippen LogP contribution < -0.4 is 5.56 Å². The minimum atomic E-state index is -0.864. The summed E-state index contributed by atoms with van der Waals surface area (Å²) in [6, 6.07) is 24.1. The third kappa shape index (κ3) is 3.50. The molecule has 134 valence electrons. The molecule has 4 nitrogen and oxygen atoms in total. The number of halogens is 1. The summed E-state index contributed by atoms with van der Waals surface area (Å²) in [6.45, 7) is 0.0606. The van der Waals surface area contributed by atoms with Gasteiger partial charge in [-0.2, -0.15) is 5.10 Å². The average molecular weight is 377 g/mol. The first-order valence-corrected chi connectivity index (χ1v) is 9.00. The zero-order valence-electron chi connectivity index (χ0n) is 14.4. The van der Waals surface area contributed by atoms with E-state index in [-0.39, 0.29) is 12.1 Å². The largest absolute Gasteiger partial charge is 0.386 e. The normalized spacial score (nSPS) is 12.2. The fourth-order valence-electron chi connectivity index (χ4n) is 3.12. The van der Waals surface area contributed by atoms with Crippen molar-refractivity contribution in [3.63, 3.8) is 0 Å². The molecule has 0 saturated carbocycles. The molecular weight excluding hydrogens is 360 g/mol. The summed E-state index contributed by atoms with van der Waals surface area (Å²) in [7, 11) is 0. The molecule has 1 N–H and O–H groups in total. The molecule has 27 heavy (non-hydrogen) atoms. The van der Waals surface area contributed by atoms with Crippen LogP contribution in [0.15, 0.2) is 83.7 Å². The molecule has 5 heteroatoms. The molecule has 4 rings (SSSR count). The van der Waals surface area contributed by atoms with Gasteiger partial charge in [0.05, 0.1) is 23.7 Å². The molecular formula is C22H17ClN2O2. The Kier molecular flexibility index (Phi) is 4.75. The van der Waals surface area contributed by atoms with Gasteiger partial charge in [-0.05, 0) is 23.8 Å². The van der Waals surface area contributed by atoms with Crippen LogP contribution in [0.4, 0.5) is 0 Å². The van der Waals surface area contributed by atoms with Crippen molar-refractivity contribution in [2.24, 2.45) is 0 Å². The van der Waals surface area contributed by atoms with E-state index < -0.39 is 6.10 Å². The second kappa shape index (κ2) is 7.35. The summed E-state index contributed by atoms with van der Waals surface area (Å²) in [5, 5.41) is 17.1. The highest BCUT2D eigenvalue weighted by Gasteiger charge is 2.15. The van der Waals surface area contributed by atoms with Crippen molar-refractivity contribution in [1.29, 1.82) is 0 Å². The van der Waals surface area contributed by atoms with Crippen molar-refractivity contribution < 1.29 is 5.11 Å². The smallest absolute Gasteiger partial charge is 0.274 e.